The second-order valence-corrected chi connectivity index (χ2v) is 8.24. The average molecular weight is 427 g/mol. The molecule has 3 heterocycles. The number of rotatable bonds is 6. The van der Waals surface area contributed by atoms with Crippen LogP contribution in [-0.4, -0.2) is 83.3 Å². The monoisotopic (exact) mass is 426 g/mol. The van der Waals surface area contributed by atoms with Crippen LogP contribution in [0.2, 0.25) is 5.15 Å². The molecule has 28 heavy (non-hydrogen) atoms. The molecule has 0 spiro atoms. The Kier molecular flexibility index (Phi) is 7.61. The third-order valence-corrected chi connectivity index (χ3v) is 5.89. The standard InChI is InChI=1S/C18H27ClN6O2S/c1-2-5-20-18(27)25-10-8-23(9-11-25)15-12-14(19)21-17(22-15)28-13-16(26)24-6-3-4-7-24/h12H,2-11,13H2,1H3,(H,20,27). The van der Waals surface area contributed by atoms with E-state index in [4.69, 9.17) is 11.6 Å². The molecule has 0 radical (unpaired) electrons. The largest absolute Gasteiger partial charge is 0.353 e. The third kappa shape index (κ3) is 5.64. The van der Waals surface area contributed by atoms with Gasteiger partial charge < -0.3 is 20.0 Å². The van der Waals surface area contributed by atoms with Crippen LogP contribution in [0.25, 0.3) is 0 Å². The van der Waals surface area contributed by atoms with E-state index in [0.717, 1.165) is 38.2 Å². The van der Waals surface area contributed by atoms with E-state index in [-0.39, 0.29) is 11.9 Å². The van der Waals surface area contributed by atoms with Crippen molar-refractivity contribution < 1.29 is 9.59 Å². The van der Waals surface area contributed by atoms with Crippen LogP contribution < -0.4 is 10.2 Å². The second kappa shape index (κ2) is 10.2. The van der Waals surface area contributed by atoms with Crippen molar-refractivity contribution in [3.63, 3.8) is 0 Å². The molecule has 154 valence electrons. The first-order chi connectivity index (χ1) is 13.6. The highest BCUT2D eigenvalue weighted by atomic mass is 35.5. The normalized spacial score (nSPS) is 17.1. The molecule has 0 aromatic carbocycles. The summed E-state index contributed by atoms with van der Waals surface area (Å²) in [6.07, 6.45) is 3.08. The first-order valence-electron chi connectivity index (χ1n) is 9.79. The van der Waals surface area contributed by atoms with E-state index in [1.165, 1.54) is 11.8 Å². The molecule has 2 saturated heterocycles. The van der Waals surface area contributed by atoms with Crippen LogP contribution in [0.15, 0.2) is 11.2 Å². The number of halogens is 1. The fraction of sp³-hybridized carbons (Fsp3) is 0.667. The fourth-order valence-corrected chi connectivity index (χ4v) is 4.26. The number of likely N-dealkylation sites (tertiary alicyclic amines) is 1. The molecule has 10 heteroatoms. The molecule has 8 nitrogen and oxygen atoms in total. The van der Waals surface area contributed by atoms with Gasteiger partial charge in [0.25, 0.3) is 0 Å². The van der Waals surface area contributed by atoms with Crippen LogP contribution in [0.1, 0.15) is 26.2 Å². The van der Waals surface area contributed by atoms with E-state index >= 15 is 0 Å². The lowest BCUT2D eigenvalue weighted by atomic mass is 10.3. The molecule has 0 aliphatic carbocycles. The van der Waals surface area contributed by atoms with Gasteiger partial charge in [0.1, 0.15) is 11.0 Å². The predicted octanol–water partition coefficient (Wildman–Crippen LogP) is 2.09. The van der Waals surface area contributed by atoms with Crippen molar-refractivity contribution in [2.75, 3.05) is 56.5 Å². The number of nitrogens with one attached hydrogen (secondary N) is 1. The van der Waals surface area contributed by atoms with Gasteiger partial charge >= 0.3 is 6.03 Å². The summed E-state index contributed by atoms with van der Waals surface area (Å²) in [4.78, 5) is 38.9. The van der Waals surface area contributed by atoms with E-state index in [1.54, 1.807) is 6.07 Å². The number of urea groups is 1. The van der Waals surface area contributed by atoms with Crippen molar-refractivity contribution in [3.8, 4) is 0 Å². The average Bonchev–Trinajstić information content (AvgIpc) is 3.25. The highest BCUT2D eigenvalue weighted by molar-refractivity contribution is 7.99. The number of carbonyl (C=O) groups excluding carboxylic acids is 2. The van der Waals surface area contributed by atoms with Crippen molar-refractivity contribution in [2.24, 2.45) is 0 Å². The minimum Gasteiger partial charge on any atom is -0.353 e. The molecule has 2 aliphatic rings. The topological polar surface area (TPSA) is 81.7 Å². The maximum Gasteiger partial charge on any atom is 0.317 e. The van der Waals surface area contributed by atoms with Gasteiger partial charge in [0, 0.05) is 51.9 Å². The predicted molar refractivity (Wildman–Crippen MR) is 111 cm³/mol. The molecule has 1 aromatic heterocycles. The molecule has 0 atom stereocenters. The Morgan fingerprint density at radius 3 is 2.50 bits per heavy atom. The molecule has 1 aromatic rings. The van der Waals surface area contributed by atoms with Crippen LogP contribution >= 0.6 is 23.4 Å². The molecule has 2 aliphatic heterocycles. The second-order valence-electron chi connectivity index (χ2n) is 6.91. The number of piperazine rings is 1. The zero-order chi connectivity index (χ0) is 19.9. The van der Waals surface area contributed by atoms with Gasteiger partial charge in [-0.05, 0) is 19.3 Å². The first-order valence-corrected chi connectivity index (χ1v) is 11.2. The van der Waals surface area contributed by atoms with E-state index in [2.05, 4.69) is 20.2 Å². The van der Waals surface area contributed by atoms with Gasteiger partial charge in [0.05, 0.1) is 5.75 Å². The van der Waals surface area contributed by atoms with Crippen LogP contribution in [0, 0.1) is 0 Å². The summed E-state index contributed by atoms with van der Waals surface area (Å²) in [7, 11) is 0. The first kappa shape index (κ1) is 21.0. The summed E-state index contributed by atoms with van der Waals surface area (Å²) in [5, 5.41) is 3.78. The molecule has 3 amide bonds. The number of hydrogen-bond acceptors (Lipinski definition) is 6. The van der Waals surface area contributed by atoms with Crippen molar-refractivity contribution in [3.05, 3.63) is 11.2 Å². The number of anilines is 1. The van der Waals surface area contributed by atoms with Gasteiger partial charge in [-0.1, -0.05) is 30.3 Å². The van der Waals surface area contributed by atoms with E-state index in [1.807, 2.05) is 16.7 Å². The van der Waals surface area contributed by atoms with Gasteiger partial charge in [0.2, 0.25) is 5.91 Å². The Hall–Kier alpha value is -1.74. The Morgan fingerprint density at radius 1 is 1.11 bits per heavy atom. The number of nitrogens with zero attached hydrogens (tertiary/aromatic N) is 5. The highest BCUT2D eigenvalue weighted by Gasteiger charge is 2.23. The maximum atomic E-state index is 12.2. The summed E-state index contributed by atoms with van der Waals surface area (Å²) in [6, 6.07) is 1.72. The van der Waals surface area contributed by atoms with Gasteiger partial charge in [0.15, 0.2) is 5.16 Å². The van der Waals surface area contributed by atoms with Crippen LogP contribution in [-0.2, 0) is 4.79 Å². The van der Waals surface area contributed by atoms with E-state index < -0.39 is 0 Å². The van der Waals surface area contributed by atoms with E-state index in [9.17, 15) is 9.59 Å². The molecule has 0 saturated carbocycles. The van der Waals surface area contributed by atoms with Crippen molar-refractivity contribution in [2.45, 2.75) is 31.3 Å². The van der Waals surface area contributed by atoms with Gasteiger partial charge in [-0.3, -0.25) is 4.79 Å². The summed E-state index contributed by atoms with van der Waals surface area (Å²) < 4.78 is 0. The lowest BCUT2D eigenvalue weighted by molar-refractivity contribution is -0.127. The van der Waals surface area contributed by atoms with Crippen molar-refractivity contribution in [1.29, 1.82) is 0 Å². The summed E-state index contributed by atoms with van der Waals surface area (Å²) >= 11 is 7.51. The lowest BCUT2D eigenvalue weighted by Gasteiger charge is -2.35. The van der Waals surface area contributed by atoms with Gasteiger partial charge in [-0.25, -0.2) is 14.8 Å². The fourth-order valence-electron chi connectivity index (χ4n) is 3.28. The Bertz CT molecular complexity index is 693. The third-order valence-electron chi connectivity index (χ3n) is 4.86. The SMILES string of the molecule is CCCNC(=O)N1CCN(c2cc(Cl)nc(SCC(=O)N3CCCC3)n2)CC1. The zero-order valence-corrected chi connectivity index (χ0v) is 17.8. The van der Waals surface area contributed by atoms with Crippen LogP contribution in [0.5, 0.6) is 0 Å². The van der Waals surface area contributed by atoms with Crippen molar-refractivity contribution in [1.82, 2.24) is 25.1 Å². The van der Waals surface area contributed by atoms with Gasteiger partial charge in [-0.2, -0.15) is 0 Å². The number of aromatic nitrogens is 2. The molecular weight excluding hydrogens is 400 g/mol. The van der Waals surface area contributed by atoms with Crippen molar-refractivity contribution >= 4 is 41.1 Å². The molecule has 2 fully saturated rings. The number of hydrogen-bond donors (Lipinski definition) is 1. The minimum absolute atomic E-state index is 0.0149. The number of thioether (sulfide) groups is 1. The zero-order valence-electron chi connectivity index (χ0n) is 16.2. The lowest BCUT2D eigenvalue weighted by Crippen LogP contribution is -2.52. The molecule has 0 unspecified atom stereocenters. The molecular formula is C18H27ClN6O2S. The summed E-state index contributed by atoms with van der Waals surface area (Å²) in [6.45, 7) is 7.05. The Balaban J connectivity index is 1.54. The minimum atomic E-state index is -0.0149. The number of amides is 3. The quantitative estimate of drug-likeness (QED) is 0.426. The smallest absolute Gasteiger partial charge is 0.317 e. The highest BCUT2D eigenvalue weighted by Crippen LogP contribution is 2.23. The van der Waals surface area contributed by atoms with Crippen LogP contribution in [0.3, 0.4) is 0 Å². The Labute approximate surface area is 175 Å². The molecule has 3 rings (SSSR count). The Morgan fingerprint density at radius 2 is 1.82 bits per heavy atom. The summed E-state index contributed by atoms with van der Waals surface area (Å²) in [5.74, 6) is 1.19. The maximum absolute atomic E-state index is 12.2. The molecule has 1 N–H and O–H groups in total. The van der Waals surface area contributed by atoms with Crippen LogP contribution in [0.4, 0.5) is 10.6 Å². The number of carbonyl (C=O) groups is 2. The summed E-state index contributed by atoms with van der Waals surface area (Å²) in [5.41, 5.74) is 0. The van der Waals surface area contributed by atoms with Gasteiger partial charge in [-0.15, -0.1) is 0 Å². The molecule has 0 bridgehead atoms. The van der Waals surface area contributed by atoms with E-state index in [0.29, 0.717) is 48.8 Å².